The van der Waals surface area contributed by atoms with Crippen molar-refractivity contribution in [3.05, 3.63) is 57.7 Å². The highest BCUT2D eigenvalue weighted by atomic mass is 16.6. The lowest BCUT2D eigenvalue weighted by Gasteiger charge is -1.99. The fraction of sp³-hybridized carbons (Fsp3) is 0. The Morgan fingerprint density at radius 1 is 1.45 bits per heavy atom. The molecule has 8 nitrogen and oxygen atoms in total. The third-order valence-electron chi connectivity index (χ3n) is 1.99. The number of hydrogen-bond acceptors (Lipinski definition) is 6. The molecule has 0 radical (unpaired) electrons. The number of benzene rings is 1. The van der Waals surface area contributed by atoms with Gasteiger partial charge in [0, 0.05) is 5.56 Å². The van der Waals surface area contributed by atoms with Crippen molar-refractivity contribution in [1.82, 2.24) is 5.43 Å². The highest BCUT2D eigenvalue weighted by molar-refractivity contribution is 5.94. The van der Waals surface area contributed by atoms with Gasteiger partial charge in [-0.2, -0.15) is 5.10 Å². The van der Waals surface area contributed by atoms with Crippen molar-refractivity contribution in [2.24, 2.45) is 5.10 Å². The van der Waals surface area contributed by atoms with E-state index in [1.54, 1.807) is 0 Å². The summed E-state index contributed by atoms with van der Waals surface area (Å²) >= 11 is 0. The number of carbonyl (C=O) groups is 1. The van der Waals surface area contributed by atoms with Gasteiger partial charge in [-0.25, -0.2) is 5.43 Å². The molecule has 0 aliphatic carbocycles. The molecule has 8 heteroatoms. The minimum atomic E-state index is -1.05. The van der Waals surface area contributed by atoms with Gasteiger partial charge in [0.2, 0.25) is 0 Å². The Bertz CT molecular complexity index is 836. The number of amides is 1. The smallest absolute Gasteiger partial charge is 0.433 e. The number of nitro groups is 1. The van der Waals surface area contributed by atoms with E-state index in [0.29, 0.717) is 0 Å². The first kappa shape index (κ1) is 8.86. The Labute approximate surface area is 118 Å². The number of phenols is 1. The normalized spacial score (nSPS) is 13.4. The van der Waals surface area contributed by atoms with E-state index >= 15 is 0 Å². The number of aromatic hydroxyl groups is 1. The van der Waals surface area contributed by atoms with Crippen molar-refractivity contribution >= 4 is 18.0 Å². The molecule has 1 amide bonds. The van der Waals surface area contributed by atoms with Gasteiger partial charge in [0.15, 0.2) is 5.76 Å². The lowest BCUT2D eigenvalue weighted by Crippen LogP contribution is -2.17. The molecule has 0 aliphatic rings. The van der Waals surface area contributed by atoms with E-state index in [1.807, 2.05) is 5.43 Å². The maximum absolute atomic E-state index is 12.0. The molecule has 1 aromatic carbocycles. The average Bonchev–Trinajstić information content (AvgIpc) is 3.00. The van der Waals surface area contributed by atoms with Crippen molar-refractivity contribution < 1.29 is 24.7 Å². The van der Waals surface area contributed by atoms with Crippen LogP contribution in [-0.2, 0) is 0 Å². The van der Waals surface area contributed by atoms with Gasteiger partial charge < -0.3 is 9.52 Å². The zero-order chi connectivity index (χ0) is 18.0. The number of nitrogens with one attached hydrogen (secondary N) is 1. The SMILES string of the molecule is [2H]c1c([2H])c(C(=O)N/N=C\c2ccc([N+](=O)[O-])o2)c([2H])c([2H])c1O. The largest absolute Gasteiger partial charge is 0.508 e. The Morgan fingerprint density at radius 2 is 2.15 bits per heavy atom. The van der Waals surface area contributed by atoms with Gasteiger partial charge in [-0.05, 0) is 30.2 Å². The summed E-state index contributed by atoms with van der Waals surface area (Å²) < 4.78 is 34.8. The van der Waals surface area contributed by atoms with Crippen LogP contribution in [0, 0.1) is 10.1 Å². The van der Waals surface area contributed by atoms with Crippen LogP contribution >= 0.6 is 0 Å². The van der Waals surface area contributed by atoms with E-state index in [9.17, 15) is 20.0 Å². The summed E-state index contributed by atoms with van der Waals surface area (Å²) in [7, 11) is 0. The van der Waals surface area contributed by atoms with Crippen LogP contribution in [0.25, 0.3) is 0 Å². The van der Waals surface area contributed by atoms with Crippen molar-refractivity contribution in [1.29, 1.82) is 0 Å². The molecule has 0 fully saturated rings. The number of furan rings is 1. The topological polar surface area (TPSA) is 118 Å². The van der Waals surface area contributed by atoms with Crippen LogP contribution in [0.2, 0.25) is 0 Å². The lowest BCUT2D eigenvalue weighted by molar-refractivity contribution is -0.402. The van der Waals surface area contributed by atoms with Gasteiger partial charge in [0.05, 0.1) is 17.8 Å². The fourth-order valence-electron chi connectivity index (χ4n) is 1.14. The molecule has 0 unspecified atom stereocenters. The van der Waals surface area contributed by atoms with Gasteiger partial charge in [0.1, 0.15) is 10.7 Å². The molecule has 0 bridgehead atoms. The molecule has 0 spiro atoms. The summed E-state index contributed by atoms with van der Waals surface area (Å²) in [6, 6.07) is -0.640. The zero-order valence-corrected chi connectivity index (χ0v) is 9.71. The van der Waals surface area contributed by atoms with Crippen molar-refractivity contribution in [3.8, 4) is 5.75 Å². The lowest BCUT2D eigenvalue weighted by atomic mass is 10.2. The van der Waals surface area contributed by atoms with Crippen LogP contribution in [-0.4, -0.2) is 22.2 Å². The first-order chi connectivity index (χ1) is 11.2. The van der Waals surface area contributed by atoms with Crippen LogP contribution < -0.4 is 5.43 Å². The van der Waals surface area contributed by atoms with Crippen molar-refractivity contribution in [2.75, 3.05) is 0 Å². The molecule has 102 valence electrons. The Balaban J connectivity index is 2.21. The molecular formula is C12H9N3O5. The Hall–Kier alpha value is -3.16. The van der Waals surface area contributed by atoms with Crippen LogP contribution in [0.1, 0.15) is 21.6 Å². The molecule has 1 aromatic heterocycles. The van der Waals surface area contributed by atoms with Gasteiger partial charge in [-0.3, -0.25) is 14.9 Å². The molecule has 2 N–H and O–H groups in total. The van der Waals surface area contributed by atoms with Crippen LogP contribution in [0.3, 0.4) is 0 Å². The monoisotopic (exact) mass is 279 g/mol. The van der Waals surface area contributed by atoms with E-state index in [0.717, 1.165) is 12.3 Å². The zero-order valence-electron chi connectivity index (χ0n) is 13.7. The summed E-state index contributed by atoms with van der Waals surface area (Å²) in [4.78, 5) is 21.6. The van der Waals surface area contributed by atoms with Gasteiger partial charge >= 0.3 is 5.88 Å². The Morgan fingerprint density at radius 3 is 2.75 bits per heavy atom. The molecule has 2 aromatic rings. The predicted molar refractivity (Wildman–Crippen MR) is 68.5 cm³/mol. The molecule has 1 heterocycles. The minimum Gasteiger partial charge on any atom is -0.508 e. The third kappa shape index (κ3) is 3.19. The molecule has 20 heavy (non-hydrogen) atoms. The summed E-state index contributed by atoms with van der Waals surface area (Å²) in [6.07, 6.45) is 0.960. The fourth-order valence-corrected chi connectivity index (χ4v) is 1.14. The van der Waals surface area contributed by atoms with Crippen molar-refractivity contribution in [3.63, 3.8) is 0 Å². The highest BCUT2D eigenvalue weighted by Gasteiger charge is 2.10. The van der Waals surface area contributed by atoms with E-state index in [4.69, 9.17) is 9.90 Å². The molecule has 0 aliphatic heterocycles. The van der Waals surface area contributed by atoms with Crippen LogP contribution in [0.15, 0.2) is 45.8 Å². The summed E-state index contributed by atoms with van der Waals surface area (Å²) in [5.41, 5.74) is 1.35. The minimum absolute atomic E-state index is 0.0211. The number of phenolic OH excluding ortho intramolecular Hbond substituents is 1. The summed E-state index contributed by atoms with van der Waals surface area (Å²) in [6.45, 7) is 0. The third-order valence-corrected chi connectivity index (χ3v) is 1.99. The number of hydrazone groups is 1. The second-order valence-electron chi connectivity index (χ2n) is 3.36. The first-order valence-electron chi connectivity index (χ1n) is 7.11. The van der Waals surface area contributed by atoms with Crippen molar-refractivity contribution in [2.45, 2.75) is 0 Å². The summed E-state index contributed by atoms with van der Waals surface area (Å²) in [5, 5.41) is 23.3. The van der Waals surface area contributed by atoms with Crippen LogP contribution in [0.4, 0.5) is 5.88 Å². The maximum Gasteiger partial charge on any atom is 0.433 e. The molecule has 2 rings (SSSR count). The highest BCUT2D eigenvalue weighted by Crippen LogP contribution is 2.13. The van der Waals surface area contributed by atoms with E-state index in [-0.39, 0.29) is 5.76 Å². The molecular weight excluding hydrogens is 266 g/mol. The standard InChI is InChI=1S/C12H9N3O5/c16-9-3-1-8(2-4-9)12(17)14-13-7-10-5-6-11(20-10)15(18)19/h1-7,16H,(H,14,17)/b13-7-/i1D,2D,3D,4D. The molecule has 0 saturated heterocycles. The maximum atomic E-state index is 12.0. The molecule has 0 atom stereocenters. The van der Waals surface area contributed by atoms with Gasteiger partial charge in [-0.1, -0.05) is 0 Å². The van der Waals surface area contributed by atoms with E-state index in [2.05, 4.69) is 5.10 Å². The number of carbonyl (C=O) groups excluding carboxylic acids is 1. The number of rotatable bonds is 4. The second-order valence-corrected chi connectivity index (χ2v) is 3.36. The summed E-state index contributed by atoms with van der Waals surface area (Å²) in [5.74, 6) is -2.45. The first-order valence-corrected chi connectivity index (χ1v) is 5.11. The molecule has 0 saturated carbocycles. The Kier molecular flexibility index (Phi) is 2.50. The number of nitrogens with zero attached hydrogens (tertiary/aromatic N) is 2. The average molecular weight is 279 g/mol. The quantitative estimate of drug-likeness (QED) is 0.501. The number of hydrogen-bond donors (Lipinski definition) is 2. The van der Waals surface area contributed by atoms with E-state index < -0.39 is 52.2 Å². The van der Waals surface area contributed by atoms with Gasteiger partial charge in [0.25, 0.3) is 5.91 Å². The van der Waals surface area contributed by atoms with E-state index in [1.165, 1.54) is 6.07 Å². The van der Waals surface area contributed by atoms with Crippen LogP contribution in [0.5, 0.6) is 5.75 Å². The second kappa shape index (κ2) is 5.65. The van der Waals surface area contributed by atoms with Gasteiger partial charge in [-0.15, -0.1) is 0 Å². The predicted octanol–water partition coefficient (Wildman–Crippen LogP) is 1.66.